The van der Waals surface area contributed by atoms with Gasteiger partial charge < -0.3 is 40.0 Å². The fourth-order valence-corrected chi connectivity index (χ4v) is 5.75. The summed E-state index contributed by atoms with van der Waals surface area (Å²) in [4.78, 5) is 27.0. The van der Waals surface area contributed by atoms with E-state index in [-0.39, 0.29) is 51.9 Å². The van der Waals surface area contributed by atoms with Gasteiger partial charge in [0.05, 0.1) is 27.5 Å². The molecule has 1 aliphatic heterocycles. The SMILES string of the molecule is CCN([O-])P(=O)(OCN1C(=O)C(C)(C)Oc2ccc(Nc3nc(Nc4cc(OC)c(OC)c(OC)c4)ncc3F)nc21)N([O-])CC. The lowest BCUT2D eigenvalue weighted by Gasteiger charge is -2.45. The average Bonchev–Trinajstić information content (AvgIpc) is 3.05. The van der Waals surface area contributed by atoms with Crippen molar-refractivity contribution in [1.82, 2.24) is 24.6 Å². The minimum absolute atomic E-state index is 0.00152. The van der Waals surface area contributed by atoms with Crippen molar-refractivity contribution in [2.24, 2.45) is 0 Å². The largest absolute Gasteiger partial charge is 0.777 e. The zero-order valence-electron chi connectivity index (χ0n) is 26.2. The zero-order valence-corrected chi connectivity index (χ0v) is 27.1. The van der Waals surface area contributed by atoms with Crippen molar-refractivity contribution in [3.05, 3.63) is 46.7 Å². The third-order valence-electron chi connectivity index (χ3n) is 6.59. The lowest BCUT2D eigenvalue weighted by molar-refractivity contribution is -0.133. The van der Waals surface area contributed by atoms with Gasteiger partial charge in [-0.3, -0.25) is 28.5 Å². The van der Waals surface area contributed by atoms with Gasteiger partial charge in [0, 0.05) is 17.8 Å². The summed E-state index contributed by atoms with van der Waals surface area (Å²) in [5, 5.41) is 30.4. The number of nitrogens with zero attached hydrogens (tertiary/aromatic N) is 6. The number of hydroxylamine groups is 2. The molecule has 0 spiro atoms. The molecule has 46 heavy (non-hydrogen) atoms. The van der Waals surface area contributed by atoms with Gasteiger partial charge in [-0.2, -0.15) is 4.98 Å². The fourth-order valence-electron chi connectivity index (χ4n) is 4.29. The molecule has 1 aromatic carbocycles. The van der Waals surface area contributed by atoms with Gasteiger partial charge in [-0.05, 0) is 39.1 Å². The highest BCUT2D eigenvalue weighted by Gasteiger charge is 2.43. The molecule has 0 bridgehead atoms. The Hall–Kier alpha value is -4.32. The van der Waals surface area contributed by atoms with Crippen LogP contribution in [0, 0.1) is 16.2 Å². The maximum absolute atomic E-state index is 14.9. The molecular weight excluding hydrogens is 630 g/mol. The molecule has 2 N–H and O–H groups in total. The number of carbonyl (C=O) groups is 1. The van der Waals surface area contributed by atoms with E-state index in [1.807, 2.05) is 0 Å². The topological polar surface area (TPSA) is 199 Å². The summed E-state index contributed by atoms with van der Waals surface area (Å²) in [7, 11) is -0.202. The van der Waals surface area contributed by atoms with Gasteiger partial charge in [0.2, 0.25) is 11.7 Å². The molecule has 1 aliphatic rings. The van der Waals surface area contributed by atoms with Gasteiger partial charge in [-0.25, -0.2) is 14.4 Å². The first-order valence-corrected chi connectivity index (χ1v) is 15.4. The Morgan fingerprint density at radius 1 is 1.02 bits per heavy atom. The number of rotatable bonds is 14. The molecule has 17 nitrogen and oxygen atoms in total. The van der Waals surface area contributed by atoms with Crippen LogP contribution in [0.4, 0.5) is 33.5 Å². The third kappa shape index (κ3) is 6.91. The van der Waals surface area contributed by atoms with Crippen LogP contribution in [0.5, 0.6) is 23.0 Å². The van der Waals surface area contributed by atoms with Gasteiger partial charge in [0.15, 0.2) is 40.3 Å². The monoisotopic (exact) mass is 664 g/mol. The first-order chi connectivity index (χ1) is 21.8. The van der Waals surface area contributed by atoms with Crippen molar-refractivity contribution >= 4 is 42.7 Å². The quantitative estimate of drug-likeness (QED) is 0.177. The van der Waals surface area contributed by atoms with E-state index in [4.69, 9.17) is 23.5 Å². The summed E-state index contributed by atoms with van der Waals surface area (Å²) in [5.41, 5.74) is -0.961. The number of pyridine rings is 1. The van der Waals surface area contributed by atoms with Crippen LogP contribution in [0.1, 0.15) is 27.7 Å². The van der Waals surface area contributed by atoms with Crippen molar-refractivity contribution < 1.29 is 37.2 Å². The lowest BCUT2D eigenvalue weighted by atomic mass is 10.1. The van der Waals surface area contributed by atoms with Crippen LogP contribution in [-0.2, 0) is 13.9 Å². The molecule has 0 fully saturated rings. The Morgan fingerprint density at radius 3 is 2.22 bits per heavy atom. The first kappa shape index (κ1) is 34.6. The summed E-state index contributed by atoms with van der Waals surface area (Å²) in [6.07, 6.45) is 0.936. The Kier molecular flexibility index (Phi) is 10.5. The maximum atomic E-state index is 14.9. The Balaban J connectivity index is 1.64. The van der Waals surface area contributed by atoms with Gasteiger partial charge in [-0.15, -0.1) is 0 Å². The molecule has 3 heterocycles. The van der Waals surface area contributed by atoms with E-state index in [1.54, 1.807) is 12.1 Å². The van der Waals surface area contributed by atoms with Crippen molar-refractivity contribution in [3.63, 3.8) is 0 Å². The van der Waals surface area contributed by atoms with Crippen molar-refractivity contribution in [3.8, 4) is 23.0 Å². The predicted molar refractivity (Wildman–Crippen MR) is 166 cm³/mol. The molecule has 250 valence electrons. The molecule has 2 aromatic heterocycles. The number of hydrogen-bond donors (Lipinski definition) is 2. The molecule has 0 saturated carbocycles. The van der Waals surface area contributed by atoms with E-state index in [0.29, 0.717) is 22.9 Å². The number of nitrogens with one attached hydrogen (secondary N) is 2. The van der Waals surface area contributed by atoms with Crippen LogP contribution < -0.4 is 34.5 Å². The molecule has 1 amide bonds. The highest BCUT2D eigenvalue weighted by molar-refractivity contribution is 7.54. The smallest absolute Gasteiger partial charge is 0.324 e. The van der Waals surface area contributed by atoms with Gasteiger partial charge >= 0.3 is 7.67 Å². The Bertz CT molecular complexity index is 1590. The van der Waals surface area contributed by atoms with Crippen LogP contribution in [0.25, 0.3) is 0 Å². The average molecular weight is 665 g/mol. The molecule has 0 atom stereocenters. The van der Waals surface area contributed by atoms with Crippen molar-refractivity contribution in [2.45, 2.75) is 33.3 Å². The molecule has 19 heteroatoms. The Morgan fingerprint density at radius 2 is 1.65 bits per heavy atom. The second-order valence-electron chi connectivity index (χ2n) is 10.0. The number of fused-ring (bicyclic) bond motifs is 1. The van der Waals surface area contributed by atoms with E-state index in [9.17, 15) is 24.2 Å². The second-order valence-corrected chi connectivity index (χ2v) is 12.1. The summed E-state index contributed by atoms with van der Waals surface area (Å²) < 4.78 is 55.3. The van der Waals surface area contributed by atoms with E-state index < -0.39 is 31.7 Å². The second kappa shape index (κ2) is 14.0. The van der Waals surface area contributed by atoms with Crippen LogP contribution in [0.2, 0.25) is 0 Å². The minimum atomic E-state index is -4.59. The number of hydrogen-bond acceptors (Lipinski definition) is 14. The highest BCUT2D eigenvalue weighted by atomic mass is 31.2. The number of anilines is 5. The summed E-state index contributed by atoms with van der Waals surface area (Å²) in [6, 6.07) is 6.14. The molecule has 0 radical (unpaired) electrons. The van der Waals surface area contributed by atoms with E-state index in [0.717, 1.165) is 11.1 Å². The van der Waals surface area contributed by atoms with E-state index in [1.165, 1.54) is 61.2 Å². The molecule has 0 aliphatic carbocycles. The van der Waals surface area contributed by atoms with E-state index >= 15 is 0 Å². The van der Waals surface area contributed by atoms with Crippen LogP contribution in [0.3, 0.4) is 0 Å². The van der Waals surface area contributed by atoms with E-state index in [2.05, 4.69) is 25.6 Å². The number of aromatic nitrogens is 3. The zero-order chi connectivity index (χ0) is 33.8. The van der Waals surface area contributed by atoms with Gasteiger partial charge in [-0.1, -0.05) is 13.8 Å². The van der Waals surface area contributed by atoms with Crippen LogP contribution in [-0.4, -0.2) is 77.3 Å². The maximum Gasteiger partial charge on any atom is 0.324 e. The molecule has 0 saturated heterocycles. The molecule has 4 rings (SSSR count). The highest BCUT2D eigenvalue weighted by Crippen LogP contribution is 2.53. The first-order valence-electron chi connectivity index (χ1n) is 13.8. The van der Waals surface area contributed by atoms with Crippen LogP contribution in [0.15, 0.2) is 30.5 Å². The summed E-state index contributed by atoms with van der Waals surface area (Å²) in [6.45, 7) is 4.42. The van der Waals surface area contributed by atoms with Gasteiger partial charge in [0.25, 0.3) is 5.91 Å². The standard InChI is InChI=1S/C27H34FN8O9P/c1-8-35(38)46(40,36(39)9-2)44-15-34-24-18(45-27(3,4)25(34)37)10-11-21(32-24)31-23-17(28)14-29-26(33-23)30-16-12-19(41-5)22(43-7)20(13-16)42-6/h10-14H,8-9,15H2,1-7H3,(H2,29,30,31,32,33)/q-2. The number of halogens is 1. The molecule has 0 unspecified atom stereocenters. The van der Waals surface area contributed by atoms with Gasteiger partial charge in [0.1, 0.15) is 12.5 Å². The normalized spacial score (nSPS) is 14.2. The summed E-state index contributed by atoms with van der Waals surface area (Å²) in [5.74, 6) is -0.612. The predicted octanol–water partition coefficient (Wildman–Crippen LogP) is 4.75. The number of amides is 1. The number of benzene rings is 1. The number of methoxy groups -OCH3 is 3. The third-order valence-corrected chi connectivity index (χ3v) is 8.74. The summed E-state index contributed by atoms with van der Waals surface area (Å²) >= 11 is 0. The molecular formula is C27H34FN8O9P-2. The van der Waals surface area contributed by atoms with Crippen molar-refractivity contribution in [2.75, 3.05) is 56.7 Å². The number of ether oxygens (including phenoxy) is 4. The van der Waals surface area contributed by atoms with Crippen molar-refractivity contribution in [1.29, 1.82) is 0 Å². The van der Waals surface area contributed by atoms with Crippen LogP contribution >= 0.6 is 7.67 Å². The number of carbonyl (C=O) groups excluding carboxylic acids is 1. The lowest BCUT2D eigenvalue weighted by Crippen LogP contribution is -2.53. The minimum Gasteiger partial charge on any atom is -0.777 e. The molecule has 3 aromatic rings. The fraction of sp³-hybridized carbons (Fsp3) is 0.407. The Labute approximate surface area is 264 Å².